The zero-order chi connectivity index (χ0) is 23.2. The monoisotopic (exact) mass is 433 g/mol. The first-order valence-corrected chi connectivity index (χ1v) is 11.3. The summed E-state index contributed by atoms with van der Waals surface area (Å²) < 4.78 is 5.80. The van der Waals surface area contributed by atoms with Gasteiger partial charge < -0.3 is 15.4 Å². The number of unbranched alkanes of at least 4 members (excludes halogenated alkanes) is 2. The lowest BCUT2D eigenvalue weighted by Crippen LogP contribution is -2.30. The van der Waals surface area contributed by atoms with Gasteiger partial charge in [-0.25, -0.2) is 4.79 Å². The molecule has 0 saturated carbocycles. The van der Waals surface area contributed by atoms with Crippen molar-refractivity contribution in [2.75, 3.05) is 11.9 Å². The predicted molar refractivity (Wildman–Crippen MR) is 135 cm³/mol. The van der Waals surface area contributed by atoms with Crippen molar-refractivity contribution in [3.05, 3.63) is 84.8 Å². The van der Waals surface area contributed by atoms with Gasteiger partial charge in [0, 0.05) is 30.8 Å². The Labute approximate surface area is 192 Å². The molecule has 0 saturated heterocycles. The molecule has 0 spiro atoms. The lowest BCUT2D eigenvalue weighted by atomic mass is 10.1. The molecule has 0 bridgehead atoms. The molecule has 5 nitrogen and oxygen atoms in total. The van der Waals surface area contributed by atoms with Gasteiger partial charge >= 0.3 is 6.03 Å². The van der Waals surface area contributed by atoms with Crippen molar-refractivity contribution < 1.29 is 9.53 Å². The topological polar surface area (TPSA) is 62.7 Å². The number of para-hydroxylation sites is 2. The molecule has 1 aliphatic rings. The molecular formula is C27H35N3O2. The highest BCUT2D eigenvalue weighted by molar-refractivity contribution is 5.92. The second-order valence-electron chi connectivity index (χ2n) is 7.59. The zero-order valence-electron chi connectivity index (χ0n) is 19.3. The van der Waals surface area contributed by atoms with Crippen LogP contribution in [0.25, 0.3) is 0 Å². The number of hydrogen-bond donors (Lipinski definition) is 2. The summed E-state index contributed by atoms with van der Waals surface area (Å²) >= 11 is 0. The van der Waals surface area contributed by atoms with Gasteiger partial charge in [-0.3, -0.25) is 4.99 Å². The lowest BCUT2D eigenvalue weighted by Gasteiger charge is -2.13. The van der Waals surface area contributed by atoms with Gasteiger partial charge in [0.05, 0.1) is 5.69 Å². The minimum Gasteiger partial charge on any atom is -0.455 e. The standard InChI is InChI=1S/C27H35N3O2/c1-5-8-9-14-22-15-12-16-23(29-21(22)4)19-20-28-27(31)30-25-17-10-11-18-26(25)32-24(7-3)13-6-2/h6-7,10-13,15,17-18H,2-3,5,8-9,14,16,19-20H2,1,4H3,(H2,28,30,31)/b24-13+. The van der Waals surface area contributed by atoms with E-state index in [9.17, 15) is 4.79 Å². The third kappa shape index (κ3) is 8.42. The van der Waals surface area contributed by atoms with E-state index in [4.69, 9.17) is 9.73 Å². The first-order valence-electron chi connectivity index (χ1n) is 11.3. The van der Waals surface area contributed by atoms with E-state index in [1.807, 2.05) is 12.1 Å². The van der Waals surface area contributed by atoms with Gasteiger partial charge in [0.25, 0.3) is 0 Å². The Bertz CT molecular complexity index is 923. The van der Waals surface area contributed by atoms with Crippen molar-refractivity contribution in [2.45, 2.75) is 52.4 Å². The minimum atomic E-state index is -0.286. The van der Waals surface area contributed by atoms with Crippen LogP contribution in [-0.4, -0.2) is 18.3 Å². The van der Waals surface area contributed by atoms with Gasteiger partial charge in [0.15, 0.2) is 5.75 Å². The SMILES string of the molecule is C=C/C=C(\C=C)Oc1ccccc1NC(=O)NCCC1=NC(C)=C(CCCCC)C=CC1. The number of amides is 2. The summed E-state index contributed by atoms with van der Waals surface area (Å²) in [6.07, 6.45) is 15.6. The number of nitrogens with zero attached hydrogens (tertiary/aromatic N) is 1. The Morgan fingerprint density at radius 1 is 1.22 bits per heavy atom. The molecule has 1 aromatic carbocycles. The van der Waals surface area contributed by atoms with E-state index < -0.39 is 0 Å². The third-order valence-corrected chi connectivity index (χ3v) is 5.06. The Balaban J connectivity index is 1.90. The first kappa shape index (κ1) is 24.9. The van der Waals surface area contributed by atoms with Crippen LogP contribution in [0.5, 0.6) is 5.75 Å². The quantitative estimate of drug-likeness (QED) is 0.210. The van der Waals surface area contributed by atoms with Crippen molar-refractivity contribution in [1.82, 2.24) is 5.32 Å². The van der Waals surface area contributed by atoms with Gasteiger partial charge in [-0.1, -0.05) is 63.3 Å². The second kappa shape index (κ2) is 13.9. The molecule has 1 aliphatic heterocycles. The van der Waals surface area contributed by atoms with Crippen LogP contribution in [0.15, 0.2) is 89.8 Å². The number of hydrogen-bond acceptors (Lipinski definition) is 3. The summed E-state index contributed by atoms with van der Waals surface area (Å²) in [6.45, 7) is 12.2. The molecule has 0 fully saturated rings. The van der Waals surface area contributed by atoms with Crippen LogP contribution < -0.4 is 15.4 Å². The molecule has 1 aromatic rings. The molecular weight excluding hydrogens is 398 g/mol. The summed E-state index contributed by atoms with van der Waals surface area (Å²) in [6, 6.07) is 6.98. The van der Waals surface area contributed by atoms with Crippen LogP contribution >= 0.6 is 0 Å². The average molecular weight is 434 g/mol. The smallest absolute Gasteiger partial charge is 0.319 e. The van der Waals surface area contributed by atoms with Crippen molar-refractivity contribution in [2.24, 2.45) is 4.99 Å². The maximum Gasteiger partial charge on any atom is 0.319 e. The molecule has 170 valence electrons. The number of carbonyl (C=O) groups is 1. The average Bonchev–Trinajstić information content (AvgIpc) is 2.95. The molecule has 2 rings (SSSR count). The minimum absolute atomic E-state index is 0.286. The Morgan fingerprint density at radius 2 is 2.03 bits per heavy atom. The van der Waals surface area contributed by atoms with Crippen LogP contribution in [0.1, 0.15) is 52.4 Å². The fraction of sp³-hybridized carbons (Fsp3) is 0.333. The summed E-state index contributed by atoms with van der Waals surface area (Å²) in [5.41, 5.74) is 4.07. The molecule has 0 unspecified atom stereocenters. The third-order valence-electron chi connectivity index (χ3n) is 5.06. The van der Waals surface area contributed by atoms with Crippen molar-refractivity contribution >= 4 is 17.4 Å². The number of ether oxygens (including phenoxy) is 1. The van der Waals surface area contributed by atoms with Crippen LogP contribution in [0.3, 0.4) is 0 Å². The number of urea groups is 1. The summed E-state index contributed by atoms with van der Waals surface area (Å²) in [4.78, 5) is 17.2. The Morgan fingerprint density at radius 3 is 2.78 bits per heavy atom. The van der Waals surface area contributed by atoms with Crippen molar-refractivity contribution in [1.29, 1.82) is 0 Å². The van der Waals surface area contributed by atoms with E-state index in [1.165, 1.54) is 24.8 Å². The molecule has 0 atom stereocenters. The molecule has 2 N–H and O–H groups in total. The maximum absolute atomic E-state index is 12.4. The molecule has 5 heteroatoms. The van der Waals surface area contributed by atoms with E-state index in [1.54, 1.807) is 30.4 Å². The maximum atomic E-state index is 12.4. The van der Waals surface area contributed by atoms with Crippen molar-refractivity contribution in [3.8, 4) is 5.75 Å². The first-order chi connectivity index (χ1) is 15.6. The molecule has 0 aliphatic carbocycles. The fourth-order valence-electron chi connectivity index (χ4n) is 3.33. The number of aliphatic imine (C=N–C) groups is 1. The molecule has 1 heterocycles. The number of nitrogens with one attached hydrogen (secondary N) is 2. The highest BCUT2D eigenvalue weighted by atomic mass is 16.5. The Kier molecular flexibility index (Phi) is 10.8. The number of allylic oxidation sites excluding steroid dienone is 7. The summed E-state index contributed by atoms with van der Waals surface area (Å²) in [5.74, 6) is 1.08. The van der Waals surface area contributed by atoms with E-state index in [-0.39, 0.29) is 6.03 Å². The molecule has 0 radical (unpaired) electrons. The van der Waals surface area contributed by atoms with Gasteiger partial charge in [-0.15, -0.1) is 0 Å². The van der Waals surface area contributed by atoms with Gasteiger partial charge in [0.1, 0.15) is 5.76 Å². The highest BCUT2D eigenvalue weighted by Crippen LogP contribution is 2.26. The van der Waals surface area contributed by atoms with Gasteiger partial charge in [-0.05, 0) is 49.6 Å². The Hall–Kier alpha value is -3.34. The van der Waals surface area contributed by atoms with E-state index in [2.05, 4.69) is 49.8 Å². The van der Waals surface area contributed by atoms with Crippen LogP contribution in [-0.2, 0) is 0 Å². The molecule has 2 amide bonds. The van der Waals surface area contributed by atoms with E-state index in [0.29, 0.717) is 30.2 Å². The van der Waals surface area contributed by atoms with E-state index >= 15 is 0 Å². The largest absolute Gasteiger partial charge is 0.455 e. The van der Waals surface area contributed by atoms with Crippen LogP contribution in [0.2, 0.25) is 0 Å². The highest BCUT2D eigenvalue weighted by Gasteiger charge is 2.10. The van der Waals surface area contributed by atoms with Gasteiger partial charge in [-0.2, -0.15) is 0 Å². The fourth-order valence-corrected chi connectivity index (χ4v) is 3.33. The molecule has 0 aromatic heterocycles. The molecule has 32 heavy (non-hydrogen) atoms. The number of rotatable bonds is 12. The normalized spacial score (nSPS) is 13.8. The second-order valence-corrected chi connectivity index (χ2v) is 7.59. The zero-order valence-corrected chi connectivity index (χ0v) is 19.3. The van der Waals surface area contributed by atoms with E-state index in [0.717, 1.165) is 24.3 Å². The van der Waals surface area contributed by atoms with Crippen molar-refractivity contribution in [3.63, 3.8) is 0 Å². The van der Waals surface area contributed by atoms with Crippen LogP contribution in [0, 0.1) is 0 Å². The number of benzene rings is 1. The van der Waals surface area contributed by atoms with Gasteiger partial charge in [0.2, 0.25) is 0 Å². The lowest BCUT2D eigenvalue weighted by molar-refractivity contribution is 0.252. The predicted octanol–water partition coefficient (Wildman–Crippen LogP) is 7.09. The summed E-state index contributed by atoms with van der Waals surface area (Å²) in [7, 11) is 0. The number of anilines is 1. The van der Waals surface area contributed by atoms with Crippen LogP contribution in [0.4, 0.5) is 10.5 Å². The summed E-state index contributed by atoms with van der Waals surface area (Å²) in [5, 5.41) is 5.76. The number of carbonyl (C=O) groups excluding carboxylic acids is 1.